The first-order valence-corrected chi connectivity index (χ1v) is 12.3. The highest BCUT2D eigenvalue weighted by molar-refractivity contribution is 5.80. The minimum Gasteiger partial charge on any atom is -0.389 e. The predicted molar refractivity (Wildman–Crippen MR) is 127 cm³/mol. The van der Waals surface area contributed by atoms with E-state index in [0.29, 0.717) is 12.6 Å². The van der Waals surface area contributed by atoms with Crippen molar-refractivity contribution in [2.75, 3.05) is 32.8 Å². The highest BCUT2D eigenvalue weighted by atomic mass is 16.5. The first-order chi connectivity index (χ1) is 15.2. The molecule has 0 radical (unpaired) electrons. The normalized spacial score (nSPS) is 21.6. The largest absolute Gasteiger partial charge is 0.389 e. The van der Waals surface area contributed by atoms with Gasteiger partial charge in [-0.3, -0.25) is 4.99 Å². The summed E-state index contributed by atoms with van der Waals surface area (Å²) in [5.41, 5.74) is 1.12. The zero-order valence-corrected chi connectivity index (χ0v) is 19.4. The van der Waals surface area contributed by atoms with Crippen LogP contribution in [0.2, 0.25) is 0 Å². The molecule has 0 spiro atoms. The second-order valence-electron chi connectivity index (χ2n) is 9.01. The SMILES string of the molecule is CCNC(=NCC(O)COC(C)c1ccccc1)NC1CCN(C2CCCCC2)CC1. The molecule has 174 valence electrons. The zero-order valence-electron chi connectivity index (χ0n) is 19.4. The molecule has 1 aliphatic heterocycles. The molecule has 1 saturated heterocycles. The van der Waals surface area contributed by atoms with Crippen LogP contribution in [-0.4, -0.2) is 66.9 Å². The molecule has 6 heteroatoms. The van der Waals surface area contributed by atoms with Gasteiger partial charge in [0.2, 0.25) is 0 Å². The van der Waals surface area contributed by atoms with Crippen LogP contribution in [-0.2, 0) is 4.74 Å². The number of ether oxygens (including phenoxy) is 1. The van der Waals surface area contributed by atoms with Gasteiger partial charge in [0.25, 0.3) is 0 Å². The van der Waals surface area contributed by atoms with Gasteiger partial charge in [0, 0.05) is 31.7 Å². The summed E-state index contributed by atoms with van der Waals surface area (Å²) in [6.45, 7) is 7.85. The lowest BCUT2D eigenvalue weighted by Gasteiger charge is -2.39. The molecule has 2 atom stereocenters. The summed E-state index contributed by atoms with van der Waals surface area (Å²) < 4.78 is 5.84. The Morgan fingerprint density at radius 2 is 1.84 bits per heavy atom. The number of guanidine groups is 1. The third-order valence-electron chi connectivity index (χ3n) is 6.57. The van der Waals surface area contributed by atoms with E-state index in [9.17, 15) is 5.11 Å². The Morgan fingerprint density at radius 3 is 2.52 bits per heavy atom. The molecule has 1 heterocycles. The molecule has 3 N–H and O–H groups in total. The van der Waals surface area contributed by atoms with E-state index in [1.54, 1.807) is 0 Å². The summed E-state index contributed by atoms with van der Waals surface area (Å²) in [7, 11) is 0. The van der Waals surface area contributed by atoms with Crippen molar-refractivity contribution in [1.82, 2.24) is 15.5 Å². The molecule has 1 aromatic rings. The van der Waals surface area contributed by atoms with Crippen LogP contribution in [0.3, 0.4) is 0 Å². The second kappa shape index (κ2) is 13.0. The molecule has 0 bridgehead atoms. The molecule has 1 aromatic carbocycles. The third-order valence-corrected chi connectivity index (χ3v) is 6.57. The van der Waals surface area contributed by atoms with Crippen LogP contribution >= 0.6 is 0 Å². The number of rotatable bonds is 9. The molecule has 0 amide bonds. The molecule has 0 aromatic heterocycles. The van der Waals surface area contributed by atoms with Crippen molar-refractivity contribution in [1.29, 1.82) is 0 Å². The number of nitrogens with zero attached hydrogens (tertiary/aromatic N) is 2. The van der Waals surface area contributed by atoms with E-state index in [2.05, 4.69) is 27.4 Å². The number of hydrogen-bond acceptors (Lipinski definition) is 4. The summed E-state index contributed by atoms with van der Waals surface area (Å²) in [6, 6.07) is 11.3. The van der Waals surface area contributed by atoms with Crippen LogP contribution in [0.5, 0.6) is 0 Å². The van der Waals surface area contributed by atoms with Crippen LogP contribution in [0.15, 0.2) is 35.3 Å². The lowest BCUT2D eigenvalue weighted by Crippen LogP contribution is -2.51. The van der Waals surface area contributed by atoms with Gasteiger partial charge in [-0.25, -0.2) is 0 Å². The van der Waals surface area contributed by atoms with E-state index in [1.165, 1.54) is 45.2 Å². The fraction of sp³-hybridized carbons (Fsp3) is 0.720. The molecule has 2 aliphatic rings. The predicted octanol–water partition coefficient (Wildman–Crippen LogP) is 3.48. The van der Waals surface area contributed by atoms with E-state index in [4.69, 9.17) is 4.74 Å². The van der Waals surface area contributed by atoms with Gasteiger partial charge in [-0.15, -0.1) is 0 Å². The molecule has 2 unspecified atom stereocenters. The van der Waals surface area contributed by atoms with Crippen molar-refractivity contribution in [3.05, 3.63) is 35.9 Å². The van der Waals surface area contributed by atoms with Gasteiger partial charge in [-0.05, 0) is 45.1 Å². The molecule has 6 nitrogen and oxygen atoms in total. The Balaban J connectivity index is 1.40. The van der Waals surface area contributed by atoms with E-state index >= 15 is 0 Å². The average molecular weight is 431 g/mol. The van der Waals surface area contributed by atoms with Gasteiger partial charge >= 0.3 is 0 Å². The second-order valence-corrected chi connectivity index (χ2v) is 9.01. The molecule has 2 fully saturated rings. The molecule has 3 rings (SSSR count). The van der Waals surface area contributed by atoms with Gasteiger partial charge in [-0.1, -0.05) is 49.6 Å². The summed E-state index contributed by atoms with van der Waals surface area (Å²) in [6.07, 6.45) is 8.62. The van der Waals surface area contributed by atoms with Crippen LogP contribution in [0.4, 0.5) is 0 Å². The molecule has 1 saturated carbocycles. The van der Waals surface area contributed by atoms with E-state index in [0.717, 1.165) is 37.0 Å². The number of aliphatic imine (C=N–C) groups is 1. The first kappa shape index (κ1) is 24.0. The number of nitrogens with one attached hydrogen (secondary N) is 2. The Hall–Kier alpha value is -1.63. The lowest BCUT2D eigenvalue weighted by atomic mass is 9.92. The van der Waals surface area contributed by atoms with Gasteiger partial charge in [-0.2, -0.15) is 0 Å². The molecular formula is C25H42N4O2. The van der Waals surface area contributed by atoms with E-state index in [-0.39, 0.29) is 12.7 Å². The van der Waals surface area contributed by atoms with Crippen molar-refractivity contribution in [2.45, 2.75) is 83.1 Å². The highest BCUT2D eigenvalue weighted by Crippen LogP contribution is 2.25. The number of hydrogen-bond donors (Lipinski definition) is 3. The van der Waals surface area contributed by atoms with Crippen molar-refractivity contribution >= 4 is 5.96 Å². The Labute approximate surface area is 188 Å². The fourth-order valence-electron chi connectivity index (χ4n) is 4.69. The average Bonchev–Trinajstić information content (AvgIpc) is 2.82. The Kier molecular flexibility index (Phi) is 10.1. The van der Waals surface area contributed by atoms with Crippen molar-refractivity contribution in [2.24, 2.45) is 4.99 Å². The van der Waals surface area contributed by atoms with Crippen LogP contribution < -0.4 is 10.6 Å². The maximum atomic E-state index is 10.4. The van der Waals surface area contributed by atoms with Crippen molar-refractivity contribution in [3.63, 3.8) is 0 Å². The number of piperidine rings is 1. The number of aliphatic hydroxyl groups excluding tert-OH is 1. The van der Waals surface area contributed by atoms with Crippen molar-refractivity contribution < 1.29 is 9.84 Å². The fourth-order valence-corrected chi connectivity index (χ4v) is 4.69. The molecular weight excluding hydrogens is 388 g/mol. The smallest absolute Gasteiger partial charge is 0.191 e. The maximum Gasteiger partial charge on any atom is 0.191 e. The minimum atomic E-state index is -0.616. The summed E-state index contributed by atoms with van der Waals surface area (Å²) in [5.74, 6) is 0.800. The zero-order chi connectivity index (χ0) is 21.9. The molecule has 1 aliphatic carbocycles. The van der Waals surface area contributed by atoms with Gasteiger partial charge in [0.15, 0.2) is 5.96 Å². The summed E-state index contributed by atoms with van der Waals surface area (Å²) in [4.78, 5) is 7.32. The highest BCUT2D eigenvalue weighted by Gasteiger charge is 2.26. The minimum absolute atomic E-state index is 0.0412. The van der Waals surface area contributed by atoms with Gasteiger partial charge < -0.3 is 25.4 Å². The quantitative estimate of drug-likeness (QED) is 0.413. The third kappa shape index (κ3) is 8.09. The number of likely N-dealkylation sites (tertiary alicyclic amines) is 1. The lowest BCUT2D eigenvalue weighted by molar-refractivity contribution is 0.00110. The number of aliphatic hydroxyl groups is 1. The van der Waals surface area contributed by atoms with Gasteiger partial charge in [0.1, 0.15) is 0 Å². The molecule has 31 heavy (non-hydrogen) atoms. The van der Waals surface area contributed by atoms with Crippen LogP contribution in [0.25, 0.3) is 0 Å². The van der Waals surface area contributed by atoms with Crippen LogP contribution in [0.1, 0.15) is 70.5 Å². The Bertz CT molecular complexity index is 640. The first-order valence-electron chi connectivity index (χ1n) is 12.3. The van der Waals surface area contributed by atoms with Crippen LogP contribution in [0, 0.1) is 0 Å². The standard InChI is InChI=1S/C25H42N4O2/c1-3-26-25(27-18-24(30)19-31-20(2)21-10-6-4-7-11-21)28-22-14-16-29(17-15-22)23-12-8-5-9-13-23/h4,6-7,10-11,20,22-24,30H,3,5,8-9,12-19H2,1-2H3,(H2,26,27,28). The maximum absolute atomic E-state index is 10.4. The Morgan fingerprint density at radius 1 is 1.13 bits per heavy atom. The van der Waals surface area contributed by atoms with E-state index < -0.39 is 6.10 Å². The topological polar surface area (TPSA) is 69.1 Å². The van der Waals surface area contributed by atoms with E-state index in [1.807, 2.05) is 37.3 Å². The van der Waals surface area contributed by atoms with Gasteiger partial charge in [0.05, 0.1) is 25.4 Å². The number of benzene rings is 1. The van der Waals surface area contributed by atoms with Crippen molar-refractivity contribution in [3.8, 4) is 0 Å². The monoisotopic (exact) mass is 430 g/mol. The summed E-state index contributed by atoms with van der Waals surface area (Å²) in [5, 5.41) is 17.3. The summed E-state index contributed by atoms with van der Waals surface area (Å²) >= 11 is 0.